The third-order valence-corrected chi connectivity index (χ3v) is 4.69. The first kappa shape index (κ1) is 18.3. The Bertz CT molecular complexity index is 1180. The Labute approximate surface area is 168 Å². The van der Waals surface area contributed by atoms with E-state index in [0.29, 0.717) is 11.6 Å². The van der Waals surface area contributed by atoms with Crippen LogP contribution in [0.5, 0.6) is 5.75 Å². The minimum atomic E-state index is 0.605. The lowest BCUT2D eigenvalue weighted by Crippen LogP contribution is -2.04. The van der Waals surface area contributed by atoms with E-state index in [2.05, 4.69) is 31.2 Å². The number of hydrogen-bond donors (Lipinski definition) is 0. The van der Waals surface area contributed by atoms with Crippen LogP contribution in [0.1, 0.15) is 12.5 Å². The van der Waals surface area contributed by atoms with E-state index in [1.54, 1.807) is 0 Å². The molecule has 0 aliphatic heterocycles. The van der Waals surface area contributed by atoms with Gasteiger partial charge < -0.3 is 9.15 Å². The van der Waals surface area contributed by atoms with Gasteiger partial charge in [-0.1, -0.05) is 41.4 Å². The molecule has 0 aliphatic carbocycles. The van der Waals surface area contributed by atoms with Crippen LogP contribution in [0, 0.1) is 6.92 Å². The van der Waals surface area contributed by atoms with Crippen molar-refractivity contribution in [1.82, 2.24) is 0 Å². The van der Waals surface area contributed by atoms with Gasteiger partial charge in [0.2, 0.25) is 0 Å². The highest BCUT2D eigenvalue weighted by molar-refractivity contribution is 6.30. The molecule has 1 aromatic heterocycles. The van der Waals surface area contributed by atoms with Gasteiger partial charge in [0.15, 0.2) is 0 Å². The topological polar surface area (TPSA) is 34.7 Å². The van der Waals surface area contributed by atoms with Gasteiger partial charge in [0, 0.05) is 22.0 Å². The van der Waals surface area contributed by atoms with E-state index in [4.69, 9.17) is 25.7 Å². The molecule has 0 bridgehead atoms. The second-order valence-corrected chi connectivity index (χ2v) is 6.98. The average molecular weight is 390 g/mol. The first-order chi connectivity index (χ1) is 13.6. The first-order valence-electron chi connectivity index (χ1n) is 9.20. The molecular formula is C24H20ClNO2. The zero-order valence-corrected chi connectivity index (χ0v) is 16.5. The van der Waals surface area contributed by atoms with Gasteiger partial charge in [0.05, 0.1) is 17.7 Å². The van der Waals surface area contributed by atoms with Gasteiger partial charge in [-0.05, 0) is 56.3 Å². The zero-order chi connectivity index (χ0) is 19.5. The van der Waals surface area contributed by atoms with Crippen LogP contribution < -0.4 is 10.1 Å². The smallest absolute Gasteiger partial charge is 0.137 e. The highest BCUT2D eigenvalue weighted by Gasteiger charge is 2.08. The van der Waals surface area contributed by atoms with Gasteiger partial charge in [-0.25, -0.2) is 4.99 Å². The molecule has 0 fully saturated rings. The Balaban J connectivity index is 1.95. The van der Waals surface area contributed by atoms with Crippen molar-refractivity contribution in [2.45, 2.75) is 13.8 Å². The lowest BCUT2D eigenvalue weighted by molar-refractivity contribution is 0.340. The minimum Gasteiger partial charge on any atom is -0.494 e. The molecule has 0 saturated heterocycles. The van der Waals surface area contributed by atoms with Crippen LogP contribution in [0.25, 0.3) is 22.3 Å². The molecule has 3 aromatic carbocycles. The zero-order valence-electron chi connectivity index (χ0n) is 15.8. The molecule has 4 aromatic rings. The quantitative estimate of drug-likeness (QED) is 0.389. The molecule has 0 radical (unpaired) electrons. The normalized spacial score (nSPS) is 11.8. The van der Waals surface area contributed by atoms with Gasteiger partial charge in [0.25, 0.3) is 0 Å². The summed E-state index contributed by atoms with van der Waals surface area (Å²) in [5.41, 5.74) is 3.80. The summed E-state index contributed by atoms with van der Waals surface area (Å²) in [6.45, 7) is 4.64. The lowest BCUT2D eigenvalue weighted by Gasteiger charge is -2.08. The fourth-order valence-electron chi connectivity index (χ4n) is 3.01. The van der Waals surface area contributed by atoms with Gasteiger partial charge in [-0.2, -0.15) is 0 Å². The maximum absolute atomic E-state index is 6.18. The lowest BCUT2D eigenvalue weighted by atomic mass is 10.1. The number of aryl methyl sites for hydroxylation is 1. The third kappa shape index (κ3) is 3.95. The van der Waals surface area contributed by atoms with Gasteiger partial charge in [-0.3, -0.25) is 0 Å². The Morgan fingerprint density at radius 1 is 0.929 bits per heavy atom. The molecule has 3 nitrogen and oxygen atoms in total. The van der Waals surface area contributed by atoms with E-state index in [1.165, 1.54) is 5.56 Å². The van der Waals surface area contributed by atoms with E-state index in [1.807, 2.05) is 55.5 Å². The number of hydrogen-bond acceptors (Lipinski definition) is 3. The summed E-state index contributed by atoms with van der Waals surface area (Å²) in [4.78, 5) is 4.84. The maximum atomic E-state index is 6.18. The second-order valence-electron chi connectivity index (χ2n) is 6.54. The summed E-state index contributed by atoms with van der Waals surface area (Å²) in [5.74, 6) is 1.56. The van der Waals surface area contributed by atoms with Crippen molar-refractivity contribution in [3.63, 3.8) is 0 Å². The second kappa shape index (κ2) is 7.91. The molecule has 4 heteroatoms. The number of nitrogens with zero attached hydrogens (tertiary/aromatic N) is 1. The van der Waals surface area contributed by atoms with E-state index in [-0.39, 0.29) is 0 Å². The summed E-state index contributed by atoms with van der Waals surface area (Å²) in [7, 11) is 0. The number of rotatable bonds is 4. The molecule has 140 valence electrons. The maximum Gasteiger partial charge on any atom is 0.137 e. The Hall–Kier alpha value is -3.04. The molecule has 0 unspecified atom stereocenters. The van der Waals surface area contributed by atoms with E-state index in [0.717, 1.165) is 39.1 Å². The monoisotopic (exact) mass is 389 g/mol. The van der Waals surface area contributed by atoms with Crippen LogP contribution in [0.3, 0.4) is 0 Å². The largest absolute Gasteiger partial charge is 0.494 e. The van der Waals surface area contributed by atoms with Crippen LogP contribution in [-0.4, -0.2) is 6.61 Å². The number of fused-ring (bicyclic) bond motifs is 1. The van der Waals surface area contributed by atoms with Gasteiger partial charge in [-0.15, -0.1) is 0 Å². The predicted octanol–water partition coefficient (Wildman–Crippen LogP) is 6.69. The molecule has 0 aliphatic rings. The average Bonchev–Trinajstić information content (AvgIpc) is 2.70. The van der Waals surface area contributed by atoms with E-state index >= 15 is 0 Å². The third-order valence-electron chi connectivity index (χ3n) is 4.44. The van der Waals surface area contributed by atoms with E-state index in [9.17, 15) is 0 Å². The van der Waals surface area contributed by atoms with Crippen LogP contribution in [0.4, 0.5) is 5.69 Å². The van der Waals surface area contributed by atoms with Crippen LogP contribution in [-0.2, 0) is 0 Å². The fourth-order valence-corrected chi connectivity index (χ4v) is 3.14. The van der Waals surface area contributed by atoms with Crippen LogP contribution in [0.15, 0.2) is 82.2 Å². The Morgan fingerprint density at radius 2 is 1.68 bits per heavy atom. The summed E-state index contributed by atoms with van der Waals surface area (Å²) >= 11 is 6.01. The van der Waals surface area contributed by atoms with Crippen molar-refractivity contribution in [3.05, 3.63) is 88.7 Å². The van der Waals surface area contributed by atoms with Crippen molar-refractivity contribution in [3.8, 4) is 17.1 Å². The molecular weight excluding hydrogens is 370 g/mol. The van der Waals surface area contributed by atoms with Crippen LogP contribution >= 0.6 is 11.6 Å². The fraction of sp³-hybridized carbons (Fsp3) is 0.125. The number of ether oxygens (including phenoxy) is 1. The Morgan fingerprint density at radius 3 is 2.39 bits per heavy atom. The van der Waals surface area contributed by atoms with Crippen molar-refractivity contribution in [2.24, 2.45) is 4.99 Å². The van der Waals surface area contributed by atoms with Gasteiger partial charge >= 0.3 is 0 Å². The molecule has 0 spiro atoms. The SMILES string of the molecule is CCOc1ccc2oc(-c3ccc(C)cc3)cc(=Nc3ccc(Cl)cc3)c2c1. The van der Waals surface area contributed by atoms with Crippen molar-refractivity contribution in [2.75, 3.05) is 6.61 Å². The van der Waals surface area contributed by atoms with Crippen LogP contribution in [0.2, 0.25) is 5.02 Å². The molecule has 28 heavy (non-hydrogen) atoms. The first-order valence-corrected chi connectivity index (χ1v) is 9.58. The summed E-state index contributed by atoms with van der Waals surface area (Å²) in [6, 6.07) is 23.5. The number of halogens is 1. The Kier molecular flexibility index (Phi) is 5.18. The highest BCUT2D eigenvalue weighted by atomic mass is 35.5. The molecule has 0 saturated carbocycles. The molecule has 0 amide bonds. The standard InChI is InChI=1S/C24H20ClNO2/c1-3-27-20-12-13-23-21(14-20)22(26-19-10-8-18(25)9-11-19)15-24(28-23)17-6-4-16(2)5-7-17/h4-15H,3H2,1-2H3. The highest BCUT2D eigenvalue weighted by Crippen LogP contribution is 2.26. The molecule has 1 heterocycles. The van der Waals surface area contributed by atoms with Crippen molar-refractivity contribution in [1.29, 1.82) is 0 Å². The van der Waals surface area contributed by atoms with Gasteiger partial charge in [0.1, 0.15) is 17.1 Å². The summed E-state index contributed by atoms with van der Waals surface area (Å²) in [6.07, 6.45) is 0. The predicted molar refractivity (Wildman–Crippen MR) is 114 cm³/mol. The molecule has 0 N–H and O–H groups in total. The number of benzene rings is 3. The summed E-state index contributed by atoms with van der Waals surface area (Å²) in [5, 5.41) is 2.41. The molecule has 0 atom stereocenters. The van der Waals surface area contributed by atoms with Crippen molar-refractivity contribution >= 4 is 28.3 Å². The molecule has 4 rings (SSSR count). The van der Waals surface area contributed by atoms with E-state index < -0.39 is 0 Å². The minimum absolute atomic E-state index is 0.605. The summed E-state index contributed by atoms with van der Waals surface area (Å²) < 4.78 is 11.8. The van der Waals surface area contributed by atoms with Crippen molar-refractivity contribution < 1.29 is 9.15 Å².